The molecule has 0 saturated carbocycles. The van der Waals surface area contributed by atoms with Crippen molar-refractivity contribution in [3.8, 4) is 11.3 Å². The Morgan fingerprint density at radius 2 is 1.73 bits per heavy atom. The van der Waals surface area contributed by atoms with Crippen molar-refractivity contribution in [1.82, 2.24) is 13.7 Å². The fourth-order valence-electron chi connectivity index (χ4n) is 1.46. The summed E-state index contributed by atoms with van der Waals surface area (Å²) in [6.07, 6.45) is 1.77. The minimum Gasteiger partial charge on any atom is -0.254 e. The van der Waals surface area contributed by atoms with Crippen LogP contribution in [0, 0.1) is 0 Å². The summed E-state index contributed by atoms with van der Waals surface area (Å²) in [5.41, 5.74) is 3.82. The van der Waals surface area contributed by atoms with E-state index in [1.807, 2.05) is 36.4 Å². The SMILES string of the molecule is c1ccc(-c2cc3nsnc3cn2)cc1. The number of pyridine rings is 1. The Morgan fingerprint density at radius 1 is 0.933 bits per heavy atom. The van der Waals surface area contributed by atoms with Gasteiger partial charge in [0.05, 0.1) is 23.6 Å². The smallest absolute Gasteiger partial charge is 0.123 e. The summed E-state index contributed by atoms with van der Waals surface area (Å²) in [5, 5.41) is 0. The van der Waals surface area contributed by atoms with Crippen LogP contribution in [0.3, 0.4) is 0 Å². The average molecular weight is 213 g/mol. The summed E-state index contributed by atoms with van der Waals surface area (Å²) in [5.74, 6) is 0. The quantitative estimate of drug-likeness (QED) is 0.624. The van der Waals surface area contributed by atoms with Crippen LogP contribution >= 0.6 is 11.7 Å². The van der Waals surface area contributed by atoms with Gasteiger partial charge in [-0.3, -0.25) is 4.98 Å². The normalized spacial score (nSPS) is 10.7. The summed E-state index contributed by atoms with van der Waals surface area (Å²) in [7, 11) is 0. The molecule has 3 aromatic rings. The zero-order chi connectivity index (χ0) is 10.1. The molecule has 0 aliphatic carbocycles. The summed E-state index contributed by atoms with van der Waals surface area (Å²) < 4.78 is 8.32. The van der Waals surface area contributed by atoms with E-state index in [1.54, 1.807) is 6.20 Å². The van der Waals surface area contributed by atoms with Crippen molar-refractivity contribution in [2.24, 2.45) is 0 Å². The van der Waals surface area contributed by atoms with Gasteiger partial charge in [-0.25, -0.2) is 0 Å². The fraction of sp³-hybridized carbons (Fsp3) is 0. The molecule has 4 heteroatoms. The van der Waals surface area contributed by atoms with Crippen molar-refractivity contribution >= 4 is 22.8 Å². The standard InChI is InChI=1S/C11H7N3S/c1-2-4-8(5-3-1)9-6-10-11(7-12-9)14-15-13-10/h1-7H. The summed E-state index contributed by atoms with van der Waals surface area (Å²) >= 11 is 1.22. The van der Waals surface area contributed by atoms with Crippen LogP contribution in [0.5, 0.6) is 0 Å². The third kappa shape index (κ3) is 1.49. The molecule has 3 nitrogen and oxygen atoms in total. The molecule has 2 heterocycles. The van der Waals surface area contributed by atoms with Crippen LogP contribution in [0.15, 0.2) is 42.6 Å². The number of aromatic nitrogens is 3. The number of fused-ring (bicyclic) bond motifs is 1. The Labute approximate surface area is 90.8 Å². The predicted molar refractivity (Wildman–Crippen MR) is 60.6 cm³/mol. The monoisotopic (exact) mass is 213 g/mol. The third-order valence-electron chi connectivity index (χ3n) is 2.21. The molecule has 0 aliphatic heterocycles. The number of nitrogens with zero attached hydrogens (tertiary/aromatic N) is 3. The van der Waals surface area contributed by atoms with Gasteiger partial charge in [0, 0.05) is 5.56 Å². The zero-order valence-corrected chi connectivity index (χ0v) is 8.61. The van der Waals surface area contributed by atoms with Gasteiger partial charge in [-0.1, -0.05) is 30.3 Å². The lowest BCUT2D eigenvalue weighted by atomic mass is 10.1. The lowest BCUT2D eigenvalue weighted by Gasteiger charge is -1.98. The van der Waals surface area contributed by atoms with Crippen molar-refractivity contribution in [2.45, 2.75) is 0 Å². The first-order valence-corrected chi connectivity index (χ1v) is 5.30. The summed E-state index contributed by atoms with van der Waals surface area (Å²) in [6, 6.07) is 12.0. The summed E-state index contributed by atoms with van der Waals surface area (Å²) in [6.45, 7) is 0. The van der Waals surface area contributed by atoms with Gasteiger partial charge in [0.2, 0.25) is 0 Å². The number of rotatable bonds is 1. The fourth-order valence-corrected chi connectivity index (χ4v) is 1.96. The Hall–Kier alpha value is -1.81. The van der Waals surface area contributed by atoms with Crippen LogP contribution in [-0.2, 0) is 0 Å². The van der Waals surface area contributed by atoms with Crippen molar-refractivity contribution in [3.63, 3.8) is 0 Å². The van der Waals surface area contributed by atoms with Gasteiger partial charge < -0.3 is 0 Å². The maximum Gasteiger partial charge on any atom is 0.123 e. The van der Waals surface area contributed by atoms with Crippen LogP contribution in [0.1, 0.15) is 0 Å². The second-order valence-electron chi connectivity index (χ2n) is 3.19. The lowest BCUT2D eigenvalue weighted by Crippen LogP contribution is -1.82. The van der Waals surface area contributed by atoms with Gasteiger partial charge in [-0.2, -0.15) is 8.75 Å². The molecular weight excluding hydrogens is 206 g/mol. The number of hydrogen-bond donors (Lipinski definition) is 0. The van der Waals surface area contributed by atoms with Gasteiger partial charge in [0.15, 0.2) is 0 Å². The Balaban J connectivity index is 2.19. The molecule has 0 saturated heterocycles. The number of hydrogen-bond acceptors (Lipinski definition) is 4. The molecule has 0 fully saturated rings. The van der Waals surface area contributed by atoms with E-state index in [-0.39, 0.29) is 0 Å². The second kappa shape index (κ2) is 3.40. The molecule has 72 valence electrons. The van der Waals surface area contributed by atoms with Gasteiger partial charge in [-0.15, -0.1) is 0 Å². The van der Waals surface area contributed by atoms with Crippen LogP contribution in [-0.4, -0.2) is 13.7 Å². The molecule has 0 unspecified atom stereocenters. The van der Waals surface area contributed by atoms with Crippen molar-refractivity contribution < 1.29 is 0 Å². The Kier molecular flexibility index (Phi) is 1.93. The first-order chi connectivity index (χ1) is 7.43. The Morgan fingerprint density at radius 3 is 2.60 bits per heavy atom. The molecule has 0 atom stereocenters. The minimum atomic E-state index is 0.861. The number of benzene rings is 1. The van der Waals surface area contributed by atoms with Crippen LogP contribution in [0.2, 0.25) is 0 Å². The first kappa shape index (κ1) is 8.49. The van der Waals surface area contributed by atoms with Crippen molar-refractivity contribution in [1.29, 1.82) is 0 Å². The molecule has 0 amide bonds. The van der Waals surface area contributed by atoms with Crippen LogP contribution in [0.25, 0.3) is 22.3 Å². The molecule has 2 aromatic heterocycles. The van der Waals surface area contributed by atoms with E-state index in [9.17, 15) is 0 Å². The van der Waals surface area contributed by atoms with Crippen molar-refractivity contribution in [3.05, 3.63) is 42.6 Å². The molecule has 0 radical (unpaired) electrons. The second-order valence-corrected chi connectivity index (χ2v) is 3.72. The zero-order valence-electron chi connectivity index (χ0n) is 7.79. The minimum absolute atomic E-state index is 0.861. The Bertz CT molecular complexity index is 589. The van der Waals surface area contributed by atoms with E-state index >= 15 is 0 Å². The highest BCUT2D eigenvalue weighted by Crippen LogP contribution is 2.20. The molecule has 0 aliphatic rings. The maximum absolute atomic E-state index is 4.35. The van der Waals surface area contributed by atoms with E-state index < -0.39 is 0 Å². The molecule has 15 heavy (non-hydrogen) atoms. The first-order valence-electron chi connectivity index (χ1n) is 4.57. The van der Waals surface area contributed by atoms with Gasteiger partial charge in [0.25, 0.3) is 0 Å². The molecule has 3 rings (SSSR count). The van der Waals surface area contributed by atoms with Gasteiger partial charge in [-0.05, 0) is 6.07 Å². The summed E-state index contributed by atoms with van der Waals surface area (Å²) in [4.78, 5) is 4.35. The van der Waals surface area contributed by atoms with E-state index in [4.69, 9.17) is 0 Å². The van der Waals surface area contributed by atoms with E-state index in [1.165, 1.54) is 11.7 Å². The topological polar surface area (TPSA) is 38.7 Å². The van der Waals surface area contributed by atoms with Crippen molar-refractivity contribution in [2.75, 3.05) is 0 Å². The van der Waals surface area contributed by atoms with E-state index in [2.05, 4.69) is 13.7 Å². The molecule has 0 N–H and O–H groups in total. The third-order valence-corrected chi connectivity index (χ3v) is 2.77. The van der Waals surface area contributed by atoms with Gasteiger partial charge in [0.1, 0.15) is 11.0 Å². The van der Waals surface area contributed by atoms with E-state index in [0.717, 1.165) is 22.3 Å². The lowest BCUT2D eigenvalue weighted by molar-refractivity contribution is 1.34. The predicted octanol–water partition coefficient (Wildman–Crippen LogP) is 2.75. The van der Waals surface area contributed by atoms with Gasteiger partial charge >= 0.3 is 0 Å². The molecule has 0 bridgehead atoms. The highest BCUT2D eigenvalue weighted by Gasteiger charge is 2.02. The van der Waals surface area contributed by atoms with E-state index in [0.29, 0.717) is 0 Å². The average Bonchev–Trinajstić information content (AvgIpc) is 2.77. The maximum atomic E-state index is 4.35. The molecular formula is C11H7N3S. The molecule has 0 spiro atoms. The van der Waals surface area contributed by atoms with Crippen LogP contribution in [0.4, 0.5) is 0 Å². The molecule has 1 aromatic carbocycles. The van der Waals surface area contributed by atoms with Crippen LogP contribution < -0.4 is 0 Å². The largest absolute Gasteiger partial charge is 0.254 e. The highest BCUT2D eigenvalue weighted by molar-refractivity contribution is 7.00. The highest BCUT2D eigenvalue weighted by atomic mass is 32.1.